The number of carbonyl (C=O) groups excluding carboxylic acids is 1. The predicted octanol–water partition coefficient (Wildman–Crippen LogP) is 3.16. The minimum Gasteiger partial charge on any atom is -0.379 e. The molecule has 0 fully saturated rings. The zero-order valence-corrected chi connectivity index (χ0v) is 12.7. The maximum Gasteiger partial charge on any atom is 0.272 e. The van der Waals surface area contributed by atoms with Crippen molar-refractivity contribution in [2.45, 2.75) is 46.1 Å². The third kappa shape index (κ3) is 5.28. The molecule has 0 bridgehead atoms. The van der Waals surface area contributed by atoms with E-state index in [9.17, 15) is 4.79 Å². The van der Waals surface area contributed by atoms with Gasteiger partial charge in [0.1, 0.15) is 5.69 Å². The highest BCUT2D eigenvalue weighted by Crippen LogP contribution is 2.14. The van der Waals surface area contributed by atoms with Crippen molar-refractivity contribution < 1.29 is 4.79 Å². The lowest BCUT2D eigenvalue weighted by atomic mass is 10.1. The average molecular weight is 263 g/mol. The van der Waals surface area contributed by atoms with E-state index in [1.54, 1.807) is 17.2 Å². The first kappa shape index (κ1) is 15.5. The molecule has 4 nitrogen and oxygen atoms in total. The molecule has 1 N–H and O–H groups in total. The minimum atomic E-state index is -0.0178. The number of amides is 1. The molecule has 0 radical (unpaired) electrons. The molecular weight excluding hydrogens is 238 g/mol. The predicted molar refractivity (Wildman–Crippen MR) is 79.5 cm³/mol. The number of rotatable bonds is 5. The monoisotopic (exact) mass is 263 g/mol. The third-order valence-electron chi connectivity index (χ3n) is 2.70. The Morgan fingerprint density at radius 1 is 1.37 bits per heavy atom. The van der Waals surface area contributed by atoms with Crippen molar-refractivity contribution in [3.63, 3.8) is 0 Å². The number of unbranched alkanes of at least 4 members (excludes halogenated alkanes) is 1. The van der Waals surface area contributed by atoms with E-state index in [-0.39, 0.29) is 11.4 Å². The lowest BCUT2D eigenvalue weighted by Crippen LogP contribution is -2.29. The second-order valence-corrected chi connectivity index (χ2v) is 5.89. The van der Waals surface area contributed by atoms with Crippen LogP contribution < -0.4 is 5.32 Å². The molecular formula is C15H25N3O. The SMILES string of the molecule is CCCCN(C)C(=O)c1ccc(NC(C)(C)C)cn1. The van der Waals surface area contributed by atoms with Crippen LogP contribution in [0.25, 0.3) is 0 Å². The van der Waals surface area contributed by atoms with E-state index in [4.69, 9.17) is 0 Å². The van der Waals surface area contributed by atoms with Gasteiger partial charge in [-0.25, -0.2) is 4.98 Å². The molecule has 1 heterocycles. The molecule has 0 saturated carbocycles. The van der Waals surface area contributed by atoms with Gasteiger partial charge in [-0.3, -0.25) is 4.79 Å². The molecule has 1 amide bonds. The molecule has 0 spiro atoms. The van der Waals surface area contributed by atoms with Crippen molar-refractivity contribution in [2.24, 2.45) is 0 Å². The van der Waals surface area contributed by atoms with Gasteiger partial charge in [0.2, 0.25) is 0 Å². The summed E-state index contributed by atoms with van der Waals surface area (Å²) >= 11 is 0. The molecule has 4 heteroatoms. The minimum absolute atomic E-state index is 0.00881. The Morgan fingerprint density at radius 3 is 2.53 bits per heavy atom. The number of nitrogens with one attached hydrogen (secondary N) is 1. The maximum absolute atomic E-state index is 12.1. The number of aromatic nitrogens is 1. The summed E-state index contributed by atoms with van der Waals surface area (Å²) in [5, 5.41) is 3.32. The first-order valence-electron chi connectivity index (χ1n) is 6.83. The number of pyridine rings is 1. The quantitative estimate of drug-likeness (QED) is 0.887. The highest BCUT2D eigenvalue weighted by Gasteiger charge is 2.13. The van der Waals surface area contributed by atoms with E-state index < -0.39 is 0 Å². The van der Waals surface area contributed by atoms with Crippen LogP contribution in [0.4, 0.5) is 5.69 Å². The lowest BCUT2D eigenvalue weighted by Gasteiger charge is -2.22. The molecule has 0 saturated heterocycles. The van der Waals surface area contributed by atoms with Gasteiger partial charge in [0.05, 0.1) is 11.9 Å². The van der Waals surface area contributed by atoms with Gasteiger partial charge in [-0.2, -0.15) is 0 Å². The standard InChI is InChI=1S/C15H25N3O/c1-6-7-10-18(5)14(19)13-9-8-12(11-16-13)17-15(2,3)4/h8-9,11,17H,6-7,10H2,1-5H3. The summed E-state index contributed by atoms with van der Waals surface area (Å²) in [5.74, 6) is -0.0178. The van der Waals surface area contributed by atoms with Gasteiger partial charge in [0.25, 0.3) is 5.91 Å². The van der Waals surface area contributed by atoms with Crippen LogP contribution in [-0.4, -0.2) is 34.9 Å². The molecule has 0 atom stereocenters. The van der Waals surface area contributed by atoms with Crippen LogP contribution >= 0.6 is 0 Å². The summed E-state index contributed by atoms with van der Waals surface area (Å²) in [6, 6.07) is 3.68. The first-order chi connectivity index (χ1) is 8.83. The summed E-state index contributed by atoms with van der Waals surface area (Å²) in [4.78, 5) is 18.1. The summed E-state index contributed by atoms with van der Waals surface area (Å²) in [6.07, 6.45) is 3.82. The first-order valence-corrected chi connectivity index (χ1v) is 6.83. The van der Waals surface area contributed by atoms with Gasteiger partial charge < -0.3 is 10.2 Å². The molecule has 19 heavy (non-hydrogen) atoms. The second kappa shape index (κ2) is 6.55. The van der Waals surface area contributed by atoms with Gasteiger partial charge >= 0.3 is 0 Å². The van der Waals surface area contributed by atoms with Crippen LogP contribution in [0.2, 0.25) is 0 Å². The number of carbonyl (C=O) groups is 1. The van der Waals surface area contributed by atoms with Crippen LogP contribution in [0.1, 0.15) is 51.0 Å². The molecule has 0 aliphatic heterocycles. The molecule has 0 aliphatic rings. The van der Waals surface area contributed by atoms with Crippen molar-refractivity contribution in [1.29, 1.82) is 0 Å². The van der Waals surface area contributed by atoms with Crippen molar-refractivity contribution in [2.75, 3.05) is 18.9 Å². The van der Waals surface area contributed by atoms with Crippen LogP contribution in [0, 0.1) is 0 Å². The Hall–Kier alpha value is -1.58. The van der Waals surface area contributed by atoms with Gasteiger partial charge in [0, 0.05) is 19.1 Å². The molecule has 1 aromatic rings. The Morgan fingerprint density at radius 2 is 2.05 bits per heavy atom. The molecule has 0 aromatic carbocycles. The largest absolute Gasteiger partial charge is 0.379 e. The van der Waals surface area contributed by atoms with Crippen LogP contribution in [0.5, 0.6) is 0 Å². The smallest absolute Gasteiger partial charge is 0.272 e. The fraction of sp³-hybridized carbons (Fsp3) is 0.600. The third-order valence-corrected chi connectivity index (χ3v) is 2.70. The molecule has 106 valence electrons. The highest BCUT2D eigenvalue weighted by molar-refractivity contribution is 5.92. The molecule has 0 aliphatic carbocycles. The van der Waals surface area contributed by atoms with E-state index in [0.29, 0.717) is 5.69 Å². The van der Waals surface area contributed by atoms with E-state index >= 15 is 0 Å². The Labute approximate surface area is 116 Å². The van der Waals surface area contributed by atoms with E-state index in [0.717, 1.165) is 25.1 Å². The number of hydrogen-bond acceptors (Lipinski definition) is 3. The Bertz CT molecular complexity index is 406. The van der Waals surface area contributed by atoms with E-state index in [1.165, 1.54) is 0 Å². The normalized spacial score (nSPS) is 11.2. The van der Waals surface area contributed by atoms with Crippen LogP contribution in [0.3, 0.4) is 0 Å². The number of nitrogens with zero attached hydrogens (tertiary/aromatic N) is 2. The summed E-state index contributed by atoms with van der Waals surface area (Å²) in [7, 11) is 1.82. The van der Waals surface area contributed by atoms with Crippen molar-refractivity contribution in [1.82, 2.24) is 9.88 Å². The number of anilines is 1. The zero-order chi connectivity index (χ0) is 14.5. The Balaban J connectivity index is 2.68. The van der Waals surface area contributed by atoms with E-state index in [2.05, 4.69) is 38.0 Å². The summed E-state index contributed by atoms with van der Waals surface area (Å²) in [6.45, 7) is 9.16. The van der Waals surface area contributed by atoms with Gasteiger partial charge in [-0.15, -0.1) is 0 Å². The average Bonchev–Trinajstić information content (AvgIpc) is 2.34. The fourth-order valence-corrected chi connectivity index (χ4v) is 1.72. The van der Waals surface area contributed by atoms with Crippen molar-refractivity contribution >= 4 is 11.6 Å². The lowest BCUT2D eigenvalue weighted by molar-refractivity contribution is 0.0787. The Kier molecular flexibility index (Phi) is 5.33. The van der Waals surface area contributed by atoms with Crippen molar-refractivity contribution in [3.05, 3.63) is 24.0 Å². The van der Waals surface area contributed by atoms with Gasteiger partial charge in [-0.1, -0.05) is 13.3 Å². The summed E-state index contributed by atoms with van der Waals surface area (Å²) in [5.41, 5.74) is 1.42. The molecule has 1 aromatic heterocycles. The fourth-order valence-electron chi connectivity index (χ4n) is 1.72. The highest BCUT2D eigenvalue weighted by atomic mass is 16.2. The van der Waals surface area contributed by atoms with Crippen LogP contribution in [0.15, 0.2) is 18.3 Å². The van der Waals surface area contributed by atoms with Gasteiger partial charge in [-0.05, 0) is 39.3 Å². The second-order valence-electron chi connectivity index (χ2n) is 5.89. The maximum atomic E-state index is 12.1. The molecule has 1 rings (SSSR count). The molecule has 0 unspecified atom stereocenters. The van der Waals surface area contributed by atoms with E-state index in [1.807, 2.05) is 13.1 Å². The summed E-state index contributed by atoms with van der Waals surface area (Å²) < 4.78 is 0. The van der Waals surface area contributed by atoms with Crippen LogP contribution in [-0.2, 0) is 0 Å². The topological polar surface area (TPSA) is 45.2 Å². The van der Waals surface area contributed by atoms with Gasteiger partial charge in [0.15, 0.2) is 0 Å². The van der Waals surface area contributed by atoms with Crippen molar-refractivity contribution in [3.8, 4) is 0 Å². The zero-order valence-electron chi connectivity index (χ0n) is 12.7. The number of hydrogen-bond donors (Lipinski definition) is 1.